The van der Waals surface area contributed by atoms with Crippen molar-refractivity contribution >= 4 is 11.9 Å². The first kappa shape index (κ1) is 65.9. The van der Waals surface area contributed by atoms with E-state index >= 15 is 0 Å². The van der Waals surface area contributed by atoms with E-state index < -0.39 is 0 Å². The standard InChI is InChI=1S/C9H16O2.C8H14O2.C7H12.C5H10O.C5H10.C5H8.C4H10.C3H6/c1-4-5-6-7-11-9(10)8(2)3;1-3-5-6-7-10-8(9)4-2;1-3-5-7-6-4-2;1-3-4-5-6-2;2*1-3-5-4-2;1-3-4-2;1-3-2/h2,4-7H2,1,3H3;4H,2-3,5-7H2,1H3;3,5,7H,1,4,6H2,2H3;3H,1,4-5H2,2H3;3H,1,4-5H2,2H3;3-5H,1H2,2H3;3-4H2,1-2H3;3H,1H2,2H3/b;;7-5+;;;5-4+;;. The van der Waals surface area contributed by atoms with Crippen molar-refractivity contribution in [2.75, 3.05) is 26.9 Å². The lowest BCUT2D eigenvalue weighted by molar-refractivity contribution is -0.139. The molecular weight excluding hydrogens is 633 g/mol. The van der Waals surface area contributed by atoms with Gasteiger partial charge < -0.3 is 14.2 Å². The van der Waals surface area contributed by atoms with Crippen LogP contribution in [-0.2, 0) is 23.8 Å². The zero-order valence-electron chi connectivity index (χ0n) is 35.6. The second-order valence-electron chi connectivity index (χ2n) is 10.5. The number of allylic oxidation sites excluding steroid dienone is 8. The Hall–Kier alpha value is -3.44. The van der Waals surface area contributed by atoms with E-state index in [1.807, 2.05) is 44.2 Å². The zero-order valence-corrected chi connectivity index (χ0v) is 35.6. The van der Waals surface area contributed by atoms with Gasteiger partial charge >= 0.3 is 11.9 Å². The molecular formula is C46H86O5. The van der Waals surface area contributed by atoms with Crippen LogP contribution in [0.5, 0.6) is 0 Å². The highest BCUT2D eigenvalue weighted by molar-refractivity contribution is 5.86. The molecule has 0 aromatic rings. The molecule has 0 aliphatic carbocycles. The number of ether oxygens (including phenoxy) is 3. The minimum absolute atomic E-state index is 0.277. The quantitative estimate of drug-likeness (QED) is 0.0412. The third kappa shape index (κ3) is 131. The molecule has 0 bridgehead atoms. The Kier molecular flexibility index (Phi) is 105. The van der Waals surface area contributed by atoms with Crippen molar-refractivity contribution in [1.29, 1.82) is 0 Å². The fourth-order valence-electron chi connectivity index (χ4n) is 2.12. The van der Waals surface area contributed by atoms with Crippen molar-refractivity contribution in [3.63, 3.8) is 0 Å². The van der Waals surface area contributed by atoms with Crippen molar-refractivity contribution in [1.82, 2.24) is 0 Å². The number of carbonyl (C=O) groups excluding carboxylic acids is 2. The average molecular weight is 719 g/mol. The Morgan fingerprint density at radius 2 is 1.04 bits per heavy atom. The number of hydrogen-bond donors (Lipinski definition) is 0. The molecule has 0 unspecified atom stereocenters. The molecule has 0 rings (SSSR count). The third-order valence-corrected chi connectivity index (χ3v) is 5.06. The van der Waals surface area contributed by atoms with Crippen LogP contribution in [0.25, 0.3) is 0 Å². The van der Waals surface area contributed by atoms with Crippen LogP contribution in [0.2, 0.25) is 0 Å². The van der Waals surface area contributed by atoms with Crippen LogP contribution in [0.15, 0.2) is 112 Å². The summed E-state index contributed by atoms with van der Waals surface area (Å²) in [4.78, 5) is 21.2. The number of hydrogen-bond acceptors (Lipinski definition) is 5. The molecule has 0 spiro atoms. The van der Waals surface area contributed by atoms with Gasteiger partial charge in [-0.15, -0.1) is 19.7 Å². The van der Waals surface area contributed by atoms with Gasteiger partial charge in [0, 0.05) is 25.4 Å². The van der Waals surface area contributed by atoms with Crippen LogP contribution in [0, 0.1) is 0 Å². The predicted octanol–water partition coefficient (Wildman–Crippen LogP) is 14.7. The van der Waals surface area contributed by atoms with E-state index in [0.717, 1.165) is 58.0 Å². The first-order chi connectivity index (χ1) is 24.5. The van der Waals surface area contributed by atoms with E-state index in [0.29, 0.717) is 18.8 Å². The Morgan fingerprint density at radius 1 is 0.588 bits per heavy atom. The lowest BCUT2D eigenvalue weighted by atomic mass is 10.3. The first-order valence-electron chi connectivity index (χ1n) is 18.9. The summed E-state index contributed by atoms with van der Waals surface area (Å²) in [6, 6.07) is 0. The van der Waals surface area contributed by atoms with Crippen LogP contribution in [0.4, 0.5) is 0 Å². The molecule has 0 heterocycles. The molecule has 0 saturated heterocycles. The summed E-state index contributed by atoms with van der Waals surface area (Å²) in [6.07, 6.45) is 33.0. The number of unbranched alkanes of at least 4 members (excludes halogenated alkanes) is 7. The molecule has 0 aromatic heterocycles. The fourth-order valence-corrected chi connectivity index (χ4v) is 2.12. The third-order valence-electron chi connectivity index (χ3n) is 5.06. The molecule has 5 nitrogen and oxygen atoms in total. The van der Waals surface area contributed by atoms with Gasteiger partial charge in [-0.1, -0.05) is 174 Å². The van der Waals surface area contributed by atoms with Gasteiger partial charge in [-0.25, -0.2) is 9.59 Å². The molecule has 0 aromatic carbocycles. The highest BCUT2D eigenvalue weighted by Crippen LogP contribution is 1.97. The summed E-state index contributed by atoms with van der Waals surface area (Å²) >= 11 is 0. The van der Waals surface area contributed by atoms with Crippen molar-refractivity contribution in [3.05, 3.63) is 112 Å². The number of methoxy groups -OCH3 is 1. The summed E-state index contributed by atoms with van der Waals surface area (Å²) in [7, 11) is 1.68. The second-order valence-corrected chi connectivity index (χ2v) is 10.5. The van der Waals surface area contributed by atoms with Gasteiger partial charge in [-0.05, 0) is 52.9 Å². The monoisotopic (exact) mass is 719 g/mol. The van der Waals surface area contributed by atoms with Crippen LogP contribution in [0.1, 0.15) is 146 Å². The molecule has 0 aliphatic rings. The fraction of sp³-hybridized carbons (Fsp3) is 0.565. The van der Waals surface area contributed by atoms with Crippen molar-refractivity contribution in [2.24, 2.45) is 0 Å². The summed E-state index contributed by atoms with van der Waals surface area (Å²) in [5.41, 5.74) is 0.474. The molecule has 0 saturated carbocycles. The normalized spacial score (nSPS) is 8.51. The van der Waals surface area contributed by atoms with Crippen molar-refractivity contribution in [2.45, 2.75) is 146 Å². The van der Waals surface area contributed by atoms with Gasteiger partial charge in [0.25, 0.3) is 0 Å². The van der Waals surface area contributed by atoms with Crippen molar-refractivity contribution in [3.8, 4) is 0 Å². The first-order valence-corrected chi connectivity index (χ1v) is 18.9. The van der Waals surface area contributed by atoms with Crippen LogP contribution < -0.4 is 0 Å². The second kappa shape index (κ2) is 80.9. The van der Waals surface area contributed by atoms with Gasteiger partial charge in [0.1, 0.15) is 0 Å². The van der Waals surface area contributed by atoms with E-state index in [2.05, 4.69) is 93.7 Å². The Balaban J connectivity index is -0.0000000714. The van der Waals surface area contributed by atoms with Crippen LogP contribution in [-0.4, -0.2) is 38.9 Å². The smallest absolute Gasteiger partial charge is 0.333 e. The molecule has 0 radical (unpaired) electrons. The minimum atomic E-state index is -0.323. The SMILES string of the molecule is C=C(C)C(=O)OCCCCC.C=C/C=C/C.C=C/C=C/CCC.C=CC.C=CC(=O)OCCCCC.C=CCCC.C=CCCOC.CCCC. The van der Waals surface area contributed by atoms with E-state index in [1.165, 1.54) is 38.2 Å². The lowest BCUT2D eigenvalue weighted by Crippen LogP contribution is -2.05. The maximum atomic E-state index is 10.8. The summed E-state index contributed by atoms with van der Waals surface area (Å²) in [6.45, 7) is 44.4. The number of carbonyl (C=O) groups is 2. The maximum absolute atomic E-state index is 10.8. The highest BCUT2D eigenvalue weighted by atomic mass is 16.5. The lowest BCUT2D eigenvalue weighted by Gasteiger charge is -2.02. The molecule has 0 amide bonds. The molecule has 0 fully saturated rings. The van der Waals surface area contributed by atoms with Crippen molar-refractivity contribution < 1.29 is 23.8 Å². The Morgan fingerprint density at radius 3 is 1.27 bits per heavy atom. The topological polar surface area (TPSA) is 61.8 Å². The highest BCUT2D eigenvalue weighted by Gasteiger charge is 2.00. The molecule has 51 heavy (non-hydrogen) atoms. The molecule has 0 N–H and O–H groups in total. The van der Waals surface area contributed by atoms with Gasteiger partial charge in [0.05, 0.1) is 13.2 Å². The van der Waals surface area contributed by atoms with E-state index in [-0.39, 0.29) is 11.9 Å². The summed E-state index contributed by atoms with van der Waals surface area (Å²) < 4.78 is 14.3. The minimum Gasteiger partial charge on any atom is -0.463 e. The van der Waals surface area contributed by atoms with Gasteiger partial charge in [0.15, 0.2) is 0 Å². The molecule has 0 atom stereocenters. The molecule has 300 valence electrons. The largest absolute Gasteiger partial charge is 0.463 e. The van der Waals surface area contributed by atoms with Crippen LogP contribution in [0.3, 0.4) is 0 Å². The van der Waals surface area contributed by atoms with Gasteiger partial charge in [-0.3, -0.25) is 0 Å². The molecule has 5 heteroatoms. The predicted molar refractivity (Wildman–Crippen MR) is 233 cm³/mol. The van der Waals surface area contributed by atoms with E-state index in [4.69, 9.17) is 14.2 Å². The van der Waals surface area contributed by atoms with Crippen LogP contribution >= 0.6 is 0 Å². The molecule has 0 aliphatic heterocycles. The zero-order chi connectivity index (χ0) is 41.2. The van der Waals surface area contributed by atoms with Gasteiger partial charge in [-0.2, -0.15) is 0 Å². The van der Waals surface area contributed by atoms with Gasteiger partial charge in [0.2, 0.25) is 0 Å². The number of rotatable bonds is 20. The Bertz CT molecular complexity index is 773. The average Bonchev–Trinajstić information content (AvgIpc) is 3.13. The maximum Gasteiger partial charge on any atom is 0.333 e. The summed E-state index contributed by atoms with van der Waals surface area (Å²) in [5, 5.41) is 0. The Labute approximate surface area is 320 Å². The number of esters is 2. The summed E-state index contributed by atoms with van der Waals surface area (Å²) in [5.74, 6) is -0.600. The van der Waals surface area contributed by atoms with E-state index in [1.54, 1.807) is 32.3 Å². The van der Waals surface area contributed by atoms with E-state index in [9.17, 15) is 9.59 Å².